The summed E-state index contributed by atoms with van der Waals surface area (Å²) in [5, 5.41) is 5.54. The van der Waals surface area contributed by atoms with Gasteiger partial charge >= 0.3 is 0 Å². The van der Waals surface area contributed by atoms with Gasteiger partial charge in [-0.05, 0) is 42.0 Å². The molecule has 2 N–H and O–H groups in total. The van der Waals surface area contributed by atoms with Crippen LogP contribution in [0, 0.1) is 0 Å². The van der Waals surface area contributed by atoms with Gasteiger partial charge in [0.25, 0.3) is 5.91 Å². The summed E-state index contributed by atoms with van der Waals surface area (Å²) in [6.07, 6.45) is 3.14. The fourth-order valence-corrected chi connectivity index (χ4v) is 3.24. The standard InChI is InChI=1S/C25H21N3O4/c29-23(14-11-18-7-3-1-4-8-18)27-20-12-13-22-21(15-20)28(25(31)17-32-22)16-24(30)26-19-9-5-2-6-10-19/h1-15H,16-17H2,(H,26,30)(H,27,29)/b14-11+. The molecule has 7 heteroatoms. The Morgan fingerprint density at radius 1 is 0.906 bits per heavy atom. The second-order valence-corrected chi connectivity index (χ2v) is 7.10. The van der Waals surface area contributed by atoms with E-state index in [9.17, 15) is 14.4 Å². The zero-order valence-electron chi connectivity index (χ0n) is 17.2. The van der Waals surface area contributed by atoms with Crippen LogP contribution in [0.25, 0.3) is 6.08 Å². The monoisotopic (exact) mass is 427 g/mol. The van der Waals surface area contributed by atoms with Gasteiger partial charge in [-0.2, -0.15) is 0 Å². The van der Waals surface area contributed by atoms with E-state index in [2.05, 4.69) is 10.6 Å². The topological polar surface area (TPSA) is 87.7 Å². The van der Waals surface area contributed by atoms with Crippen LogP contribution in [0.15, 0.2) is 84.9 Å². The first kappa shape index (κ1) is 20.9. The average molecular weight is 427 g/mol. The third-order valence-electron chi connectivity index (χ3n) is 4.76. The minimum Gasteiger partial charge on any atom is -0.482 e. The fraction of sp³-hybridized carbons (Fsp3) is 0.0800. The van der Waals surface area contributed by atoms with E-state index in [0.717, 1.165) is 5.56 Å². The normalized spacial score (nSPS) is 12.8. The highest BCUT2D eigenvalue weighted by Crippen LogP contribution is 2.34. The summed E-state index contributed by atoms with van der Waals surface area (Å²) in [6, 6.07) is 23.4. The number of ether oxygens (including phenoxy) is 1. The minimum atomic E-state index is -0.340. The summed E-state index contributed by atoms with van der Waals surface area (Å²) in [5.74, 6) is -0.522. The zero-order chi connectivity index (χ0) is 22.3. The predicted molar refractivity (Wildman–Crippen MR) is 123 cm³/mol. The van der Waals surface area contributed by atoms with Crippen molar-refractivity contribution in [2.75, 3.05) is 28.7 Å². The molecule has 32 heavy (non-hydrogen) atoms. The molecule has 0 atom stereocenters. The first-order valence-electron chi connectivity index (χ1n) is 10.0. The van der Waals surface area contributed by atoms with E-state index in [4.69, 9.17) is 4.74 Å². The summed E-state index contributed by atoms with van der Waals surface area (Å²) >= 11 is 0. The van der Waals surface area contributed by atoms with Crippen LogP contribution in [0.3, 0.4) is 0 Å². The number of carbonyl (C=O) groups excluding carboxylic acids is 3. The molecule has 7 nitrogen and oxygen atoms in total. The van der Waals surface area contributed by atoms with Crippen molar-refractivity contribution in [3.8, 4) is 5.75 Å². The molecule has 0 bridgehead atoms. The van der Waals surface area contributed by atoms with Crippen LogP contribution in [0.4, 0.5) is 17.1 Å². The largest absolute Gasteiger partial charge is 0.482 e. The lowest BCUT2D eigenvalue weighted by molar-refractivity contribution is -0.123. The number of para-hydroxylation sites is 1. The van der Waals surface area contributed by atoms with E-state index in [0.29, 0.717) is 22.8 Å². The van der Waals surface area contributed by atoms with Gasteiger partial charge in [0.1, 0.15) is 12.3 Å². The highest BCUT2D eigenvalue weighted by molar-refractivity contribution is 6.06. The minimum absolute atomic E-state index is 0.156. The van der Waals surface area contributed by atoms with E-state index in [1.807, 2.05) is 48.5 Å². The van der Waals surface area contributed by atoms with E-state index in [1.54, 1.807) is 36.4 Å². The third kappa shape index (κ3) is 5.20. The Hall–Kier alpha value is -4.39. The summed E-state index contributed by atoms with van der Waals surface area (Å²) in [7, 11) is 0. The van der Waals surface area contributed by atoms with Gasteiger partial charge in [-0.1, -0.05) is 48.5 Å². The SMILES string of the molecule is O=C(/C=C/c1ccccc1)Nc1ccc2c(c1)N(CC(=O)Nc1ccccc1)C(=O)CO2. The number of rotatable bonds is 6. The Labute approximate surface area is 185 Å². The number of hydrogen-bond acceptors (Lipinski definition) is 4. The molecule has 0 spiro atoms. The molecule has 0 aromatic heterocycles. The first-order valence-corrected chi connectivity index (χ1v) is 10.0. The Morgan fingerprint density at radius 2 is 1.62 bits per heavy atom. The van der Waals surface area contributed by atoms with Crippen LogP contribution in [-0.4, -0.2) is 30.9 Å². The highest BCUT2D eigenvalue weighted by Gasteiger charge is 2.27. The smallest absolute Gasteiger partial charge is 0.265 e. The van der Waals surface area contributed by atoms with E-state index < -0.39 is 0 Å². The van der Waals surface area contributed by atoms with Crippen LogP contribution < -0.4 is 20.3 Å². The number of fused-ring (bicyclic) bond motifs is 1. The molecule has 0 saturated heterocycles. The maximum Gasteiger partial charge on any atom is 0.265 e. The van der Waals surface area contributed by atoms with Gasteiger partial charge in [-0.3, -0.25) is 19.3 Å². The molecule has 0 unspecified atom stereocenters. The number of nitrogens with zero attached hydrogens (tertiary/aromatic N) is 1. The van der Waals surface area contributed by atoms with Crippen molar-refractivity contribution in [1.29, 1.82) is 0 Å². The van der Waals surface area contributed by atoms with Crippen molar-refractivity contribution in [1.82, 2.24) is 0 Å². The summed E-state index contributed by atoms with van der Waals surface area (Å²) in [4.78, 5) is 38.6. The molecular weight excluding hydrogens is 406 g/mol. The number of benzene rings is 3. The number of carbonyl (C=O) groups is 3. The third-order valence-corrected chi connectivity index (χ3v) is 4.76. The predicted octanol–water partition coefficient (Wildman–Crippen LogP) is 3.70. The lowest BCUT2D eigenvalue weighted by atomic mass is 10.2. The van der Waals surface area contributed by atoms with Crippen LogP contribution >= 0.6 is 0 Å². The summed E-state index contributed by atoms with van der Waals surface area (Å²) in [5.41, 5.74) is 2.46. The molecule has 1 aliphatic heterocycles. The van der Waals surface area contributed by atoms with Crippen molar-refractivity contribution >= 4 is 40.9 Å². The van der Waals surface area contributed by atoms with Crippen molar-refractivity contribution < 1.29 is 19.1 Å². The van der Waals surface area contributed by atoms with Crippen molar-refractivity contribution in [2.45, 2.75) is 0 Å². The lowest BCUT2D eigenvalue weighted by Gasteiger charge is -2.29. The Balaban J connectivity index is 1.47. The molecule has 0 fully saturated rings. The maximum atomic E-state index is 12.5. The summed E-state index contributed by atoms with van der Waals surface area (Å²) < 4.78 is 5.48. The molecule has 1 heterocycles. The molecule has 3 amide bonds. The molecule has 3 aromatic carbocycles. The second kappa shape index (κ2) is 9.61. The van der Waals surface area contributed by atoms with Gasteiger partial charge in [-0.15, -0.1) is 0 Å². The van der Waals surface area contributed by atoms with E-state index in [-0.39, 0.29) is 30.9 Å². The average Bonchev–Trinajstić information content (AvgIpc) is 2.81. The van der Waals surface area contributed by atoms with Crippen LogP contribution in [-0.2, 0) is 14.4 Å². The fourth-order valence-electron chi connectivity index (χ4n) is 3.24. The second-order valence-electron chi connectivity index (χ2n) is 7.10. The zero-order valence-corrected chi connectivity index (χ0v) is 17.2. The van der Waals surface area contributed by atoms with Gasteiger partial charge in [0.2, 0.25) is 11.8 Å². The van der Waals surface area contributed by atoms with Gasteiger partial charge < -0.3 is 15.4 Å². The summed E-state index contributed by atoms with van der Waals surface area (Å²) in [6.45, 7) is -0.327. The van der Waals surface area contributed by atoms with Crippen LogP contribution in [0.5, 0.6) is 5.75 Å². The van der Waals surface area contributed by atoms with Crippen molar-refractivity contribution in [3.63, 3.8) is 0 Å². The Kier molecular flexibility index (Phi) is 6.27. The highest BCUT2D eigenvalue weighted by atomic mass is 16.5. The number of amides is 3. The van der Waals surface area contributed by atoms with E-state index >= 15 is 0 Å². The molecule has 4 rings (SSSR count). The molecule has 3 aromatic rings. The molecular formula is C25H21N3O4. The van der Waals surface area contributed by atoms with Crippen molar-refractivity contribution in [2.24, 2.45) is 0 Å². The lowest BCUT2D eigenvalue weighted by Crippen LogP contribution is -2.43. The Bertz CT molecular complexity index is 1160. The molecule has 0 aliphatic carbocycles. The Morgan fingerprint density at radius 3 is 2.38 bits per heavy atom. The molecule has 0 saturated carbocycles. The number of nitrogens with one attached hydrogen (secondary N) is 2. The van der Waals surface area contributed by atoms with Crippen LogP contribution in [0.2, 0.25) is 0 Å². The van der Waals surface area contributed by atoms with Gasteiger partial charge in [0.15, 0.2) is 6.61 Å². The quantitative estimate of drug-likeness (QED) is 0.587. The van der Waals surface area contributed by atoms with Gasteiger partial charge in [0, 0.05) is 17.5 Å². The van der Waals surface area contributed by atoms with Gasteiger partial charge in [0.05, 0.1) is 5.69 Å². The van der Waals surface area contributed by atoms with Gasteiger partial charge in [-0.25, -0.2) is 0 Å². The number of anilines is 3. The maximum absolute atomic E-state index is 12.5. The molecule has 160 valence electrons. The van der Waals surface area contributed by atoms with E-state index in [1.165, 1.54) is 11.0 Å². The molecule has 1 aliphatic rings. The number of hydrogen-bond donors (Lipinski definition) is 2. The first-order chi connectivity index (χ1) is 15.6. The van der Waals surface area contributed by atoms with Crippen molar-refractivity contribution in [3.05, 3.63) is 90.5 Å². The van der Waals surface area contributed by atoms with Crippen LogP contribution in [0.1, 0.15) is 5.56 Å². The molecule has 0 radical (unpaired) electrons.